The Hall–Kier alpha value is -3.27. The van der Waals surface area contributed by atoms with Gasteiger partial charge in [0.15, 0.2) is 11.5 Å². The molecular formula is C29H30N2O6S. The number of fused-ring (bicyclic) bond motifs is 1. The second-order valence-electron chi connectivity index (χ2n) is 10.2. The van der Waals surface area contributed by atoms with E-state index >= 15 is 0 Å². The van der Waals surface area contributed by atoms with E-state index in [4.69, 9.17) is 14.5 Å². The average Bonchev–Trinajstić information content (AvgIpc) is 3.64. The summed E-state index contributed by atoms with van der Waals surface area (Å²) in [4.78, 5) is 18.3. The number of pyridine rings is 1. The zero-order chi connectivity index (χ0) is 26.3. The van der Waals surface area contributed by atoms with E-state index in [-0.39, 0.29) is 36.5 Å². The van der Waals surface area contributed by atoms with Crippen molar-refractivity contribution in [1.29, 1.82) is 0 Å². The lowest BCUT2D eigenvalue weighted by Crippen LogP contribution is -2.45. The first-order chi connectivity index (χ1) is 18.4. The molecule has 3 aromatic rings. The molecule has 6 rings (SSSR count). The lowest BCUT2D eigenvalue weighted by Gasteiger charge is -2.33. The molecule has 1 saturated heterocycles. The number of aliphatic hydroxyl groups excluding tert-OH is 1. The number of aromatic nitrogens is 1. The largest absolute Gasteiger partial charge is 0.454 e. The molecule has 0 bridgehead atoms. The third-order valence-corrected chi connectivity index (χ3v) is 9.86. The number of sulfonamides is 1. The lowest BCUT2D eigenvalue weighted by atomic mass is 9.88. The van der Waals surface area contributed by atoms with Crippen LogP contribution in [0.15, 0.2) is 65.6 Å². The lowest BCUT2D eigenvalue weighted by molar-refractivity contribution is -0.120. The highest BCUT2D eigenvalue weighted by Gasteiger charge is 2.51. The van der Waals surface area contributed by atoms with Crippen LogP contribution in [0, 0.1) is 0 Å². The van der Waals surface area contributed by atoms with Crippen LogP contribution in [0.3, 0.4) is 0 Å². The molecule has 0 amide bonds. The molecule has 2 aromatic carbocycles. The summed E-state index contributed by atoms with van der Waals surface area (Å²) in [6, 6.07) is 17.6. The molecular weight excluding hydrogens is 504 g/mol. The van der Waals surface area contributed by atoms with E-state index in [9.17, 15) is 18.3 Å². The van der Waals surface area contributed by atoms with E-state index < -0.39 is 15.4 Å². The van der Waals surface area contributed by atoms with Crippen LogP contribution in [0.5, 0.6) is 11.5 Å². The van der Waals surface area contributed by atoms with Crippen molar-refractivity contribution in [2.75, 3.05) is 19.9 Å². The molecule has 3 aliphatic rings. The first-order valence-electron chi connectivity index (χ1n) is 13.0. The summed E-state index contributed by atoms with van der Waals surface area (Å²) < 4.78 is 38.7. The fourth-order valence-electron chi connectivity index (χ4n) is 5.53. The molecule has 8 nitrogen and oxygen atoms in total. The molecule has 38 heavy (non-hydrogen) atoms. The fourth-order valence-corrected chi connectivity index (χ4v) is 7.21. The summed E-state index contributed by atoms with van der Waals surface area (Å²) in [7, 11) is -3.69. The van der Waals surface area contributed by atoms with Gasteiger partial charge >= 0.3 is 0 Å². The van der Waals surface area contributed by atoms with Crippen molar-refractivity contribution in [1.82, 2.24) is 9.29 Å². The van der Waals surface area contributed by atoms with E-state index in [1.807, 2.05) is 36.4 Å². The Morgan fingerprint density at radius 1 is 1.03 bits per heavy atom. The minimum Gasteiger partial charge on any atom is -0.454 e. The van der Waals surface area contributed by atoms with Gasteiger partial charge in [-0.15, -0.1) is 0 Å². The summed E-state index contributed by atoms with van der Waals surface area (Å²) in [5.74, 6) is 1.51. The highest BCUT2D eigenvalue weighted by Crippen LogP contribution is 2.51. The molecule has 1 unspecified atom stereocenters. The number of Topliss-reactive ketones (excluding diaryl/α,β-unsaturated/α-hetero) is 1. The van der Waals surface area contributed by atoms with Crippen LogP contribution in [0.1, 0.15) is 43.4 Å². The molecule has 1 atom stereocenters. The Balaban J connectivity index is 1.19. The van der Waals surface area contributed by atoms with Gasteiger partial charge in [0, 0.05) is 30.3 Å². The van der Waals surface area contributed by atoms with Crippen molar-refractivity contribution >= 4 is 15.8 Å². The number of hydrogen-bond acceptors (Lipinski definition) is 7. The maximum Gasteiger partial charge on any atom is 0.243 e. The minimum atomic E-state index is -3.69. The zero-order valence-corrected chi connectivity index (χ0v) is 21.8. The van der Waals surface area contributed by atoms with E-state index in [0.29, 0.717) is 35.9 Å². The zero-order valence-electron chi connectivity index (χ0n) is 21.0. The van der Waals surface area contributed by atoms with Crippen LogP contribution < -0.4 is 9.47 Å². The molecule has 0 radical (unpaired) electrons. The monoisotopic (exact) mass is 534 g/mol. The van der Waals surface area contributed by atoms with E-state index in [0.717, 1.165) is 36.8 Å². The van der Waals surface area contributed by atoms with Gasteiger partial charge in [0.25, 0.3) is 0 Å². The summed E-state index contributed by atoms with van der Waals surface area (Å²) >= 11 is 0. The number of ether oxygens (including phenoxy) is 2. The molecule has 1 aromatic heterocycles. The van der Waals surface area contributed by atoms with Gasteiger partial charge in [0.2, 0.25) is 16.8 Å². The number of carbonyl (C=O) groups is 1. The summed E-state index contributed by atoms with van der Waals surface area (Å²) in [6.07, 6.45) is 4.19. The van der Waals surface area contributed by atoms with E-state index in [1.54, 1.807) is 24.3 Å². The highest BCUT2D eigenvalue weighted by atomic mass is 32.2. The molecule has 3 heterocycles. The number of benzene rings is 2. The van der Waals surface area contributed by atoms with Gasteiger partial charge in [-0.1, -0.05) is 30.7 Å². The van der Waals surface area contributed by atoms with Crippen molar-refractivity contribution in [3.8, 4) is 22.8 Å². The van der Waals surface area contributed by atoms with Gasteiger partial charge in [-0.2, -0.15) is 4.31 Å². The third-order valence-electron chi connectivity index (χ3n) is 7.90. The maximum absolute atomic E-state index is 13.4. The van der Waals surface area contributed by atoms with Gasteiger partial charge < -0.3 is 14.6 Å². The second kappa shape index (κ2) is 9.80. The molecule has 1 saturated carbocycles. The number of carbonyl (C=O) groups excluding carboxylic acids is 1. The normalized spacial score (nSPS) is 20.3. The Bertz CT molecular complexity index is 1470. The molecule has 1 N–H and O–H groups in total. The number of ketones is 1. The van der Waals surface area contributed by atoms with Crippen LogP contribution in [-0.4, -0.2) is 54.6 Å². The van der Waals surface area contributed by atoms with Crippen LogP contribution >= 0.6 is 0 Å². The Morgan fingerprint density at radius 3 is 2.58 bits per heavy atom. The van der Waals surface area contributed by atoms with E-state index in [1.165, 1.54) is 4.31 Å². The van der Waals surface area contributed by atoms with Crippen molar-refractivity contribution in [3.63, 3.8) is 0 Å². The van der Waals surface area contributed by atoms with Crippen LogP contribution in [0.2, 0.25) is 0 Å². The first kappa shape index (κ1) is 25.0. The number of hydrogen-bond donors (Lipinski definition) is 1. The van der Waals surface area contributed by atoms with Crippen molar-refractivity contribution in [3.05, 3.63) is 71.9 Å². The van der Waals surface area contributed by atoms with Gasteiger partial charge in [0.05, 0.1) is 22.6 Å². The van der Waals surface area contributed by atoms with Gasteiger partial charge in [-0.25, -0.2) is 8.42 Å². The molecule has 198 valence electrons. The maximum atomic E-state index is 13.4. The standard InChI is InChI=1S/C29H30N2O6S/c32-18-23-5-1-2-15-31(23)38(34,35)24-10-7-20(8-11-24)25-6-3-4-22(30-25)17-28(33)29(13-14-29)21-9-12-26-27(16-21)37-19-36-26/h3-4,6-12,16,23,32H,1-2,5,13-15,17-19H2. The van der Waals surface area contributed by atoms with Crippen LogP contribution in [-0.2, 0) is 26.7 Å². The first-order valence-corrected chi connectivity index (χ1v) is 14.5. The van der Waals surface area contributed by atoms with Gasteiger partial charge in [-0.05, 0) is 67.6 Å². The summed E-state index contributed by atoms with van der Waals surface area (Å²) in [5, 5.41) is 9.66. The smallest absolute Gasteiger partial charge is 0.243 e. The van der Waals surface area contributed by atoms with Crippen LogP contribution in [0.25, 0.3) is 11.3 Å². The summed E-state index contributed by atoms with van der Waals surface area (Å²) in [5.41, 5.74) is 2.58. The van der Waals surface area contributed by atoms with Gasteiger partial charge in [0.1, 0.15) is 5.78 Å². The molecule has 2 aliphatic heterocycles. The number of piperidine rings is 1. The predicted octanol–water partition coefficient (Wildman–Crippen LogP) is 3.86. The topological polar surface area (TPSA) is 106 Å². The molecule has 0 spiro atoms. The highest BCUT2D eigenvalue weighted by molar-refractivity contribution is 7.89. The number of rotatable bonds is 8. The third kappa shape index (κ3) is 4.48. The Morgan fingerprint density at radius 2 is 1.82 bits per heavy atom. The number of aliphatic hydroxyl groups is 1. The minimum absolute atomic E-state index is 0.127. The predicted molar refractivity (Wildman–Crippen MR) is 140 cm³/mol. The van der Waals surface area contributed by atoms with Crippen LogP contribution in [0.4, 0.5) is 0 Å². The van der Waals surface area contributed by atoms with E-state index in [2.05, 4.69) is 0 Å². The Kier molecular flexibility index (Phi) is 6.45. The SMILES string of the molecule is O=C(Cc1cccc(-c2ccc(S(=O)(=O)N3CCCCC3CO)cc2)n1)C1(c2ccc3c(c2)OCO3)CC1. The Labute approximate surface area is 222 Å². The van der Waals surface area contributed by atoms with Gasteiger partial charge in [-0.3, -0.25) is 9.78 Å². The fraction of sp³-hybridized carbons (Fsp3) is 0.379. The molecule has 2 fully saturated rings. The summed E-state index contributed by atoms with van der Waals surface area (Å²) in [6.45, 7) is 0.439. The number of nitrogens with zero attached hydrogens (tertiary/aromatic N) is 2. The second-order valence-corrected chi connectivity index (χ2v) is 12.1. The van der Waals surface area contributed by atoms with Crippen molar-refractivity contribution in [2.24, 2.45) is 0 Å². The van der Waals surface area contributed by atoms with Crippen molar-refractivity contribution < 1.29 is 27.8 Å². The molecule has 9 heteroatoms. The van der Waals surface area contributed by atoms with Crippen molar-refractivity contribution in [2.45, 2.75) is 54.9 Å². The molecule has 1 aliphatic carbocycles. The quantitative estimate of drug-likeness (QED) is 0.468. The average molecular weight is 535 g/mol.